The summed E-state index contributed by atoms with van der Waals surface area (Å²) >= 11 is 0. The molecule has 0 aromatic heterocycles. The molecule has 0 heterocycles. The molecule has 9 heteroatoms. The molecule has 162 valence electrons. The van der Waals surface area contributed by atoms with Crippen LogP contribution in [0.15, 0.2) is 30.3 Å². The molecule has 9 nitrogen and oxygen atoms in total. The van der Waals surface area contributed by atoms with Crippen molar-refractivity contribution in [2.24, 2.45) is 0 Å². The van der Waals surface area contributed by atoms with Crippen LogP contribution in [0.1, 0.15) is 39.7 Å². The highest BCUT2D eigenvalue weighted by atomic mass is 16.6. The van der Waals surface area contributed by atoms with Crippen molar-refractivity contribution in [2.45, 2.75) is 58.4 Å². The summed E-state index contributed by atoms with van der Waals surface area (Å²) in [5, 5.41) is 14.7. The maximum atomic E-state index is 12.2. The van der Waals surface area contributed by atoms with E-state index >= 15 is 0 Å². The van der Waals surface area contributed by atoms with Crippen molar-refractivity contribution in [2.75, 3.05) is 13.2 Å². The number of hydrogen-bond donors (Lipinski definition) is 3. The number of carbonyl (C=O) groups is 3. The Morgan fingerprint density at radius 3 is 2.17 bits per heavy atom. The van der Waals surface area contributed by atoms with Crippen molar-refractivity contribution in [3.8, 4) is 0 Å². The number of hydrogen-bond acceptors (Lipinski definition) is 7. The van der Waals surface area contributed by atoms with E-state index < -0.39 is 42.4 Å². The second-order valence-corrected chi connectivity index (χ2v) is 7.26. The molecule has 0 aliphatic carbocycles. The Hall–Kier alpha value is -2.81. The SMILES string of the molecule is CCOC(=O)C[C@@H](NC(=O)OCc1ccccc1)[C@@H](CO)NC(=O)OC(C)(C)C. The van der Waals surface area contributed by atoms with Crippen molar-refractivity contribution in [3.63, 3.8) is 0 Å². The number of aliphatic hydroxyl groups excluding tert-OH is 1. The van der Waals surface area contributed by atoms with Gasteiger partial charge in [0.25, 0.3) is 0 Å². The normalized spacial score (nSPS) is 13.0. The molecule has 0 unspecified atom stereocenters. The Bertz CT molecular complexity index is 659. The zero-order valence-corrected chi connectivity index (χ0v) is 17.3. The summed E-state index contributed by atoms with van der Waals surface area (Å²) in [6, 6.07) is 7.11. The molecule has 2 amide bonds. The molecule has 1 rings (SSSR count). The van der Waals surface area contributed by atoms with Crippen LogP contribution in [0.25, 0.3) is 0 Å². The Balaban J connectivity index is 2.77. The number of benzene rings is 1. The first kappa shape index (κ1) is 24.2. The first-order chi connectivity index (χ1) is 13.6. The molecular weight excluding hydrogens is 380 g/mol. The first-order valence-electron chi connectivity index (χ1n) is 9.37. The zero-order valence-electron chi connectivity index (χ0n) is 17.3. The number of rotatable bonds is 9. The molecule has 1 aromatic rings. The van der Waals surface area contributed by atoms with Crippen LogP contribution in [-0.4, -0.2) is 54.2 Å². The van der Waals surface area contributed by atoms with Gasteiger partial charge in [-0.05, 0) is 33.3 Å². The summed E-state index contributed by atoms with van der Waals surface area (Å²) in [6.07, 6.45) is -1.85. The average Bonchev–Trinajstić information content (AvgIpc) is 2.63. The number of alkyl carbamates (subject to hydrolysis) is 2. The smallest absolute Gasteiger partial charge is 0.408 e. The number of carbonyl (C=O) groups excluding carboxylic acids is 3. The molecule has 0 saturated carbocycles. The van der Waals surface area contributed by atoms with Crippen LogP contribution in [0.5, 0.6) is 0 Å². The Labute approximate surface area is 170 Å². The molecule has 1 aromatic carbocycles. The third-order valence-electron chi connectivity index (χ3n) is 3.59. The summed E-state index contributed by atoms with van der Waals surface area (Å²) < 4.78 is 15.2. The molecule has 0 spiro atoms. The van der Waals surface area contributed by atoms with E-state index in [-0.39, 0.29) is 19.6 Å². The molecule has 2 atom stereocenters. The van der Waals surface area contributed by atoms with Gasteiger partial charge in [-0.2, -0.15) is 0 Å². The number of aliphatic hydroxyl groups is 1. The summed E-state index contributed by atoms with van der Waals surface area (Å²) in [5.74, 6) is -0.592. The van der Waals surface area contributed by atoms with Gasteiger partial charge in [-0.3, -0.25) is 4.79 Å². The third kappa shape index (κ3) is 10.3. The van der Waals surface area contributed by atoms with E-state index in [1.165, 1.54) is 0 Å². The predicted molar refractivity (Wildman–Crippen MR) is 105 cm³/mol. The van der Waals surface area contributed by atoms with Crippen LogP contribution < -0.4 is 10.6 Å². The summed E-state index contributed by atoms with van der Waals surface area (Å²) in [5.41, 5.74) is 0.0400. The molecule has 29 heavy (non-hydrogen) atoms. The van der Waals surface area contributed by atoms with Crippen molar-refractivity contribution in [3.05, 3.63) is 35.9 Å². The van der Waals surface area contributed by atoms with E-state index in [2.05, 4.69) is 10.6 Å². The van der Waals surface area contributed by atoms with Gasteiger partial charge in [0.05, 0.1) is 31.7 Å². The van der Waals surface area contributed by atoms with Crippen LogP contribution in [-0.2, 0) is 25.6 Å². The fourth-order valence-electron chi connectivity index (χ4n) is 2.34. The standard InChI is InChI=1S/C20H30N2O7/c1-5-27-17(24)11-15(16(12-23)22-19(26)29-20(2,3)4)21-18(25)28-13-14-9-7-6-8-10-14/h6-10,15-16,23H,5,11-13H2,1-4H3,(H,21,25)(H,22,26)/t15-,16-/m1/s1. The Morgan fingerprint density at radius 1 is 1.00 bits per heavy atom. The van der Waals surface area contributed by atoms with Crippen molar-refractivity contribution in [1.82, 2.24) is 10.6 Å². The van der Waals surface area contributed by atoms with Crippen LogP contribution in [0, 0.1) is 0 Å². The van der Waals surface area contributed by atoms with Gasteiger partial charge in [0, 0.05) is 0 Å². The lowest BCUT2D eigenvalue weighted by molar-refractivity contribution is -0.143. The van der Waals surface area contributed by atoms with E-state index in [0.29, 0.717) is 0 Å². The lowest BCUT2D eigenvalue weighted by Crippen LogP contribution is -2.55. The maximum Gasteiger partial charge on any atom is 0.408 e. The van der Waals surface area contributed by atoms with Crippen molar-refractivity contribution >= 4 is 18.2 Å². The number of nitrogens with one attached hydrogen (secondary N) is 2. The lowest BCUT2D eigenvalue weighted by Gasteiger charge is -2.28. The maximum absolute atomic E-state index is 12.2. The number of ether oxygens (including phenoxy) is 3. The minimum atomic E-state index is -0.987. The van der Waals surface area contributed by atoms with Crippen molar-refractivity contribution in [1.29, 1.82) is 0 Å². The van der Waals surface area contributed by atoms with Gasteiger partial charge in [0.1, 0.15) is 12.2 Å². The second-order valence-electron chi connectivity index (χ2n) is 7.26. The van der Waals surface area contributed by atoms with Gasteiger partial charge >= 0.3 is 18.2 Å². The Morgan fingerprint density at radius 2 is 1.62 bits per heavy atom. The largest absolute Gasteiger partial charge is 0.466 e. The molecule has 0 saturated heterocycles. The van der Waals surface area contributed by atoms with Crippen LogP contribution >= 0.6 is 0 Å². The van der Waals surface area contributed by atoms with Gasteiger partial charge in [-0.1, -0.05) is 30.3 Å². The second kappa shape index (κ2) is 11.9. The first-order valence-corrected chi connectivity index (χ1v) is 9.37. The fourth-order valence-corrected chi connectivity index (χ4v) is 2.34. The van der Waals surface area contributed by atoms with E-state index in [4.69, 9.17) is 14.2 Å². The molecule has 0 aliphatic rings. The van der Waals surface area contributed by atoms with Crippen molar-refractivity contribution < 1.29 is 33.7 Å². The molecule has 0 radical (unpaired) electrons. The van der Waals surface area contributed by atoms with Crippen LogP contribution in [0.2, 0.25) is 0 Å². The monoisotopic (exact) mass is 410 g/mol. The third-order valence-corrected chi connectivity index (χ3v) is 3.59. The average molecular weight is 410 g/mol. The van der Waals surface area contributed by atoms with Gasteiger partial charge in [-0.15, -0.1) is 0 Å². The summed E-state index contributed by atoms with van der Waals surface area (Å²) in [6.45, 7) is 6.37. The van der Waals surface area contributed by atoms with E-state index in [1.54, 1.807) is 39.8 Å². The highest BCUT2D eigenvalue weighted by Gasteiger charge is 2.29. The summed E-state index contributed by atoms with van der Waals surface area (Å²) in [4.78, 5) is 36.1. The number of amides is 2. The highest BCUT2D eigenvalue weighted by molar-refractivity contribution is 5.74. The predicted octanol–water partition coefficient (Wildman–Crippen LogP) is 2.12. The van der Waals surface area contributed by atoms with Crippen LogP contribution in [0.3, 0.4) is 0 Å². The topological polar surface area (TPSA) is 123 Å². The summed E-state index contributed by atoms with van der Waals surface area (Å²) in [7, 11) is 0. The van der Waals surface area contributed by atoms with E-state index in [1.807, 2.05) is 18.2 Å². The van der Waals surface area contributed by atoms with Gasteiger partial charge in [0.2, 0.25) is 0 Å². The molecule has 0 bridgehead atoms. The molecule has 3 N–H and O–H groups in total. The fraction of sp³-hybridized carbons (Fsp3) is 0.550. The minimum absolute atomic E-state index is 0.0298. The zero-order chi connectivity index (χ0) is 21.9. The molecule has 0 fully saturated rings. The molecular formula is C20H30N2O7. The minimum Gasteiger partial charge on any atom is -0.466 e. The van der Waals surface area contributed by atoms with Gasteiger partial charge < -0.3 is 30.0 Å². The van der Waals surface area contributed by atoms with Gasteiger partial charge in [-0.25, -0.2) is 9.59 Å². The quantitative estimate of drug-likeness (QED) is 0.421. The highest BCUT2D eigenvalue weighted by Crippen LogP contribution is 2.09. The number of esters is 1. The lowest BCUT2D eigenvalue weighted by atomic mass is 10.1. The van der Waals surface area contributed by atoms with E-state index in [0.717, 1.165) is 5.56 Å². The van der Waals surface area contributed by atoms with Gasteiger partial charge in [0.15, 0.2) is 0 Å². The van der Waals surface area contributed by atoms with E-state index in [9.17, 15) is 19.5 Å². The molecule has 0 aliphatic heterocycles. The Kier molecular flexibility index (Phi) is 9.94. The van der Waals surface area contributed by atoms with Crippen LogP contribution in [0.4, 0.5) is 9.59 Å².